The molecule has 1 aliphatic carbocycles. The Morgan fingerprint density at radius 3 is 2.74 bits per heavy atom. The summed E-state index contributed by atoms with van der Waals surface area (Å²) in [5.41, 5.74) is 2.42. The van der Waals surface area contributed by atoms with E-state index < -0.39 is 0 Å². The van der Waals surface area contributed by atoms with Crippen LogP contribution in [0.2, 0.25) is 0 Å². The molecule has 100 valence electrons. The molecule has 0 aliphatic heterocycles. The van der Waals surface area contributed by atoms with Gasteiger partial charge in [0, 0.05) is 34.2 Å². The average Bonchev–Trinajstić information content (AvgIpc) is 2.96. The lowest BCUT2D eigenvalue weighted by molar-refractivity contribution is 0.633. The number of hydrogen-bond acceptors (Lipinski definition) is 2. The molecule has 1 aliphatic rings. The Labute approximate surface area is 120 Å². The van der Waals surface area contributed by atoms with Crippen molar-refractivity contribution in [3.05, 3.63) is 34.2 Å². The van der Waals surface area contributed by atoms with Gasteiger partial charge in [-0.2, -0.15) is 0 Å². The molecule has 0 unspecified atom stereocenters. The second kappa shape index (κ2) is 5.08. The van der Waals surface area contributed by atoms with Crippen LogP contribution < -0.4 is 5.32 Å². The van der Waals surface area contributed by atoms with E-state index >= 15 is 0 Å². The Hall–Kier alpha value is -1.16. The topological polar surface area (TPSA) is 24.9 Å². The predicted molar refractivity (Wildman–Crippen MR) is 80.2 cm³/mol. The smallest absolute Gasteiger partial charge is 0.149 e. The highest BCUT2D eigenvalue weighted by Gasteiger charge is 2.21. The quantitative estimate of drug-likeness (QED) is 0.856. The molecule has 19 heavy (non-hydrogen) atoms. The molecule has 0 spiro atoms. The third-order valence-electron chi connectivity index (χ3n) is 3.92. The first kappa shape index (κ1) is 12.9. The van der Waals surface area contributed by atoms with Gasteiger partial charge in [0.2, 0.25) is 0 Å². The average molecular weight is 323 g/mol. The number of fused-ring (bicyclic) bond motifs is 1. The Balaban J connectivity index is 2.24. The van der Waals surface area contributed by atoms with Gasteiger partial charge >= 0.3 is 0 Å². The predicted octanol–water partition coefficient (Wildman–Crippen LogP) is 4.84. The molecule has 1 aromatic heterocycles. The van der Waals surface area contributed by atoms with Crippen LogP contribution in [0.25, 0.3) is 10.9 Å². The van der Waals surface area contributed by atoms with Crippen LogP contribution in [0.4, 0.5) is 10.1 Å². The molecule has 0 amide bonds. The number of benzene rings is 1. The van der Waals surface area contributed by atoms with Gasteiger partial charge in [0.05, 0.1) is 0 Å². The lowest BCUT2D eigenvalue weighted by Gasteiger charge is -2.14. The molecule has 1 aromatic carbocycles. The highest BCUT2D eigenvalue weighted by Crippen LogP contribution is 2.38. The zero-order chi connectivity index (χ0) is 13.4. The van der Waals surface area contributed by atoms with E-state index in [-0.39, 0.29) is 5.82 Å². The van der Waals surface area contributed by atoms with Gasteiger partial charge < -0.3 is 5.32 Å². The van der Waals surface area contributed by atoms with Crippen LogP contribution in [0.1, 0.15) is 37.3 Å². The van der Waals surface area contributed by atoms with E-state index in [0.717, 1.165) is 34.1 Å². The molecule has 0 atom stereocenters. The molecule has 3 rings (SSSR count). The van der Waals surface area contributed by atoms with Crippen LogP contribution in [-0.2, 0) is 0 Å². The van der Waals surface area contributed by atoms with Crippen molar-refractivity contribution < 1.29 is 4.39 Å². The van der Waals surface area contributed by atoms with E-state index in [1.807, 2.05) is 7.05 Å². The van der Waals surface area contributed by atoms with Crippen molar-refractivity contribution in [1.29, 1.82) is 0 Å². The largest absolute Gasteiger partial charge is 0.387 e. The normalized spacial score (nSPS) is 16.2. The Kier molecular flexibility index (Phi) is 3.44. The minimum Gasteiger partial charge on any atom is -0.387 e. The van der Waals surface area contributed by atoms with Crippen LogP contribution in [0, 0.1) is 5.82 Å². The first-order valence-electron chi connectivity index (χ1n) is 6.67. The van der Waals surface area contributed by atoms with Crippen LogP contribution in [-0.4, -0.2) is 12.0 Å². The Morgan fingerprint density at radius 1 is 1.32 bits per heavy atom. The third-order valence-corrected chi connectivity index (χ3v) is 4.58. The third kappa shape index (κ3) is 2.22. The summed E-state index contributed by atoms with van der Waals surface area (Å²) in [5.74, 6) is 0.226. The lowest BCUT2D eigenvalue weighted by Crippen LogP contribution is -2.02. The van der Waals surface area contributed by atoms with Crippen molar-refractivity contribution in [2.45, 2.75) is 31.6 Å². The fraction of sp³-hybridized carbons (Fsp3) is 0.400. The van der Waals surface area contributed by atoms with Crippen molar-refractivity contribution in [2.24, 2.45) is 0 Å². The molecule has 1 fully saturated rings. The van der Waals surface area contributed by atoms with E-state index in [2.05, 4.69) is 32.3 Å². The second-order valence-electron chi connectivity index (χ2n) is 5.08. The molecule has 4 heteroatoms. The highest BCUT2D eigenvalue weighted by molar-refractivity contribution is 9.10. The molecular weight excluding hydrogens is 307 g/mol. The summed E-state index contributed by atoms with van der Waals surface area (Å²) in [5, 5.41) is 3.99. The first-order chi connectivity index (χ1) is 9.20. The number of halogens is 2. The van der Waals surface area contributed by atoms with Gasteiger partial charge in [0.15, 0.2) is 0 Å². The summed E-state index contributed by atoms with van der Waals surface area (Å²) >= 11 is 3.48. The number of nitrogens with one attached hydrogen (secondary N) is 1. The van der Waals surface area contributed by atoms with Crippen LogP contribution in [0.3, 0.4) is 0 Å². The van der Waals surface area contributed by atoms with Gasteiger partial charge in [-0.05, 0) is 31.0 Å². The Morgan fingerprint density at radius 2 is 2.05 bits per heavy atom. The molecule has 1 heterocycles. The fourth-order valence-electron chi connectivity index (χ4n) is 2.92. The monoisotopic (exact) mass is 322 g/mol. The fourth-order valence-corrected chi connectivity index (χ4v) is 3.45. The van der Waals surface area contributed by atoms with Gasteiger partial charge in [-0.1, -0.05) is 28.8 Å². The number of nitrogens with zero attached hydrogens (tertiary/aromatic N) is 1. The number of rotatable bonds is 2. The summed E-state index contributed by atoms with van der Waals surface area (Å²) in [6, 6.07) is 5.27. The first-order valence-corrected chi connectivity index (χ1v) is 7.46. The minimum atomic E-state index is -0.255. The molecule has 0 radical (unpaired) electrons. The van der Waals surface area contributed by atoms with E-state index in [1.165, 1.54) is 18.9 Å². The maximum Gasteiger partial charge on any atom is 0.149 e. The zero-order valence-corrected chi connectivity index (χ0v) is 12.4. The van der Waals surface area contributed by atoms with Crippen molar-refractivity contribution >= 4 is 32.5 Å². The lowest BCUT2D eigenvalue weighted by atomic mass is 10.0. The van der Waals surface area contributed by atoms with E-state index in [4.69, 9.17) is 0 Å². The van der Waals surface area contributed by atoms with Gasteiger partial charge in [0.25, 0.3) is 0 Å². The molecule has 1 N–H and O–H groups in total. The Bertz CT molecular complexity index is 621. The number of hydrogen-bond donors (Lipinski definition) is 1. The van der Waals surface area contributed by atoms with Gasteiger partial charge in [-0.25, -0.2) is 9.37 Å². The highest BCUT2D eigenvalue weighted by atomic mass is 79.9. The van der Waals surface area contributed by atoms with Crippen molar-refractivity contribution in [1.82, 2.24) is 4.98 Å². The maximum atomic E-state index is 14.0. The number of anilines is 1. The second-order valence-corrected chi connectivity index (χ2v) is 5.93. The van der Waals surface area contributed by atoms with E-state index in [0.29, 0.717) is 11.4 Å². The zero-order valence-electron chi connectivity index (χ0n) is 10.8. The summed E-state index contributed by atoms with van der Waals surface area (Å²) in [7, 11) is 1.87. The standard InChI is InChI=1S/C15H16BrFN2/c1-18-13-8-12(9-4-2-3-5-9)19-15-11(17)7-6-10(16)14(13)15/h6-9H,2-5H2,1H3,(H,18,19). The molecule has 2 nitrogen and oxygen atoms in total. The van der Waals surface area contributed by atoms with Crippen molar-refractivity contribution in [2.75, 3.05) is 12.4 Å². The number of pyridine rings is 1. The summed E-state index contributed by atoms with van der Waals surface area (Å²) in [4.78, 5) is 4.58. The summed E-state index contributed by atoms with van der Waals surface area (Å²) < 4.78 is 14.9. The van der Waals surface area contributed by atoms with E-state index in [1.54, 1.807) is 6.07 Å². The molecular formula is C15H16BrFN2. The van der Waals surface area contributed by atoms with Crippen LogP contribution in [0.15, 0.2) is 22.7 Å². The SMILES string of the molecule is CNc1cc(C2CCCC2)nc2c(F)ccc(Br)c12. The van der Waals surface area contributed by atoms with Crippen molar-refractivity contribution in [3.8, 4) is 0 Å². The molecule has 0 saturated heterocycles. The minimum absolute atomic E-state index is 0.255. The van der Waals surface area contributed by atoms with Gasteiger partial charge in [-0.3, -0.25) is 0 Å². The van der Waals surface area contributed by atoms with E-state index in [9.17, 15) is 4.39 Å². The van der Waals surface area contributed by atoms with Crippen molar-refractivity contribution in [3.63, 3.8) is 0 Å². The van der Waals surface area contributed by atoms with Gasteiger partial charge in [0.1, 0.15) is 11.3 Å². The molecule has 2 aromatic rings. The van der Waals surface area contributed by atoms with Crippen LogP contribution >= 0.6 is 15.9 Å². The molecule has 0 bridgehead atoms. The number of aromatic nitrogens is 1. The van der Waals surface area contributed by atoms with Crippen LogP contribution in [0.5, 0.6) is 0 Å². The summed E-state index contributed by atoms with van der Waals surface area (Å²) in [6.45, 7) is 0. The van der Waals surface area contributed by atoms with Gasteiger partial charge in [-0.15, -0.1) is 0 Å². The summed E-state index contributed by atoms with van der Waals surface area (Å²) in [6.07, 6.45) is 4.83. The molecule has 1 saturated carbocycles. The maximum absolute atomic E-state index is 14.0.